The number of ether oxygens (including phenoxy) is 2. The van der Waals surface area contributed by atoms with E-state index >= 15 is 0 Å². The minimum absolute atomic E-state index is 0.354. The quantitative estimate of drug-likeness (QED) is 0.658. The van der Waals surface area contributed by atoms with Gasteiger partial charge in [0.05, 0.1) is 20.8 Å². The second-order valence-corrected chi connectivity index (χ2v) is 4.86. The van der Waals surface area contributed by atoms with Crippen molar-refractivity contribution in [3.8, 4) is 11.5 Å². The van der Waals surface area contributed by atoms with Crippen LogP contribution in [0.1, 0.15) is 11.1 Å². The summed E-state index contributed by atoms with van der Waals surface area (Å²) >= 11 is 0. The van der Waals surface area contributed by atoms with Gasteiger partial charge < -0.3 is 20.5 Å². The summed E-state index contributed by atoms with van der Waals surface area (Å²) in [7, 11) is 3.29. The molecule has 5 heteroatoms. The lowest BCUT2D eigenvalue weighted by Gasteiger charge is -2.08. The lowest BCUT2D eigenvalue weighted by atomic mass is 10.1. The molecule has 0 aromatic heterocycles. The maximum absolute atomic E-state index is 5.91. The first-order valence-corrected chi connectivity index (χ1v) is 6.97. The van der Waals surface area contributed by atoms with Crippen molar-refractivity contribution in [2.24, 2.45) is 10.7 Å². The average molecular weight is 299 g/mol. The van der Waals surface area contributed by atoms with Crippen LogP contribution in [0.3, 0.4) is 0 Å². The van der Waals surface area contributed by atoms with E-state index in [0.717, 1.165) is 28.3 Å². The number of nitrogens with two attached hydrogens (primary N) is 1. The van der Waals surface area contributed by atoms with Crippen LogP contribution >= 0.6 is 0 Å². The second kappa shape index (κ2) is 7.36. The minimum Gasteiger partial charge on any atom is -0.497 e. The van der Waals surface area contributed by atoms with Crippen molar-refractivity contribution in [2.75, 3.05) is 19.5 Å². The average Bonchev–Trinajstić information content (AvgIpc) is 2.54. The highest BCUT2D eigenvalue weighted by atomic mass is 16.5. The standard InChI is InChI=1S/C17H21N3O2/c1-12-7-8-13(9-16(12)22-3)11-19-17(18)20-14-5-4-6-15(10-14)21-2/h4-10H,11H2,1-3H3,(H3,18,19,20). The van der Waals surface area contributed by atoms with E-state index in [0.29, 0.717) is 12.5 Å². The van der Waals surface area contributed by atoms with Gasteiger partial charge in [0, 0.05) is 11.8 Å². The zero-order valence-electron chi connectivity index (χ0n) is 13.1. The van der Waals surface area contributed by atoms with E-state index in [9.17, 15) is 0 Å². The monoisotopic (exact) mass is 299 g/mol. The van der Waals surface area contributed by atoms with Gasteiger partial charge in [-0.1, -0.05) is 18.2 Å². The molecule has 0 aliphatic carbocycles. The van der Waals surface area contributed by atoms with E-state index in [1.807, 2.05) is 49.4 Å². The summed E-state index contributed by atoms with van der Waals surface area (Å²) in [6.45, 7) is 2.49. The predicted molar refractivity (Wildman–Crippen MR) is 89.7 cm³/mol. The van der Waals surface area contributed by atoms with Crippen LogP contribution < -0.4 is 20.5 Å². The molecular weight excluding hydrogens is 278 g/mol. The molecule has 0 atom stereocenters. The molecule has 3 N–H and O–H groups in total. The first-order chi connectivity index (χ1) is 10.6. The Bertz CT molecular complexity index is 669. The van der Waals surface area contributed by atoms with Crippen molar-refractivity contribution in [3.05, 3.63) is 53.6 Å². The van der Waals surface area contributed by atoms with Gasteiger partial charge >= 0.3 is 0 Å². The number of hydrogen-bond donors (Lipinski definition) is 2. The molecule has 2 aromatic rings. The summed E-state index contributed by atoms with van der Waals surface area (Å²) in [4.78, 5) is 4.34. The van der Waals surface area contributed by atoms with E-state index < -0.39 is 0 Å². The van der Waals surface area contributed by atoms with E-state index in [4.69, 9.17) is 15.2 Å². The molecule has 0 fully saturated rings. The number of anilines is 1. The molecule has 22 heavy (non-hydrogen) atoms. The SMILES string of the molecule is COc1cccc(NC(N)=NCc2ccc(C)c(OC)c2)c1. The van der Waals surface area contributed by atoms with Gasteiger partial charge in [0.2, 0.25) is 0 Å². The van der Waals surface area contributed by atoms with E-state index in [1.54, 1.807) is 14.2 Å². The van der Waals surface area contributed by atoms with Gasteiger partial charge in [-0.25, -0.2) is 4.99 Å². The zero-order valence-corrected chi connectivity index (χ0v) is 13.1. The molecule has 0 aliphatic heterocycles. The van der Waals surface area contributed by atoms with Crippen LogP contribution in [-0.2, 0) is 6.54 Å². The largest absolute Gasteiger partial charge is 0.497 e. The number of aryl methyl sites for hydroxylation is 1. The Hall–Kier alpha value is -2.69. The van der Waals surface area contributed by atoms with Gasteiger partial charge in [0.25, 0.3) is 0 Å². The molecular formula is C17H21N3O2. The fraction of sp³-hybridized carbons (Fsp3) is 0.235. The molecule has 2 rings (SSSR count). The van der Waals surface area contributed by atoms with Crippen molar-refractivity contribution in [1.29, 1.82) is 0 Å². The summed E-state index contributed by atoms with van der Waals surface area (Å²) in [5, 5.41) is 3.04. The number of benzene rings is 2. The van der Waals surface area contributed by atoms with Crippen LogP contribution in [0.4, 0.5) is 5.69 Å². The molecule has 0 saturated heterocycles. The van der Waals surface area contributed by atoms with Crippen LogP contribution in [0.2, 0.25) is 0 Å². The summed E-state index contributed by atoms with van der Waals surface area (Å²) in [5.74, 6) is 1.97. The predicted octanol–water partition coefficient (Wildman–Crippen LogP) is 2.94. The van der Waals surface area contributed by atoms with Gasteiger partial charge in [-0.05, 0) is 36.2 Å². The van der Waals surface area contributed by atoms with Crippen LogP contribution in [0.5, 0.6) is 11.5 Å². The molecule has 0 aliphatic rings. The number of rotatable bonds is 5. The molecule has 0 bridgehead atoms. The summed E-state index contributed by atoms with van der Waals surface area (Å²) in [5.41, 5.74) is 8.88. The van der Waals surface area contributed by atoms with Crippen LogP contribution in [-0.4, -0.2) is 20.2 Å². The van der Waals surface area contributed by atoms with Crippen LogP contribution in [0.15, 0.2) is 47.5 Å². The van der Waals surface area contributed by atoms with Gasteiger partial charge in [-0.15, -0.1) is 0 Å². The summed E-state index contributed by atoms with van der Waals surface area (Å²) in [6, 6.07) is 13.5. The maximum atomic E-state index is 5.91. The highest BCUT2D eigenvalue weighted by Gasteiger charge is 2.01. The molecule has 0 unspecified atom stereocenters. The molecule has 116 valence electrons. The Balaban J connectivity index is 2.03. The first kappa shape index (κ1) is 15.7. The Morgan fingerprint density at radius 1 is 1.14 bits per heavy atom. The number of aliphatic imine (C=N–C) groups is 1. The normalized spacial score (nSPS) is 11.1. The maximum Gasteiger partial charge on any atom is 0.193 e. The number of nitrogens with zero attached hydrogens (tertiary/aromatic N) is 1. The second-order valence-electron chi connectivity index (χ2n) is 4.86. The number of nitrogens with one attached hydrogen (secondary N) is 1. The van der Waals surface area contributed by atoms with Gasteiger partial charge in [0.15, 0.2) is 5.96 Å². The summed E-state index contributed by atoms with van der Waals surface area (Å²) in [6.07, 6.45) is 0. The Labute approximate surface area is 130 Å². The zero-order chi connectivity index (χ0) is 15.9. The van der Waals surface area contributed by atoms with Gasteiger partial charge in [-0.3, -0.25) is 0 Å². The van der Waals surface area contributed by atoms with Gasteiger partial charge in [0.1, 0.15) is 11.5 Å². The van der Waals surface area contributed by atoms with Crippen LogP contribution in [0, 0.1) is 6.92 Å². The highest BCUT2D eigenvalue weighted by Crippen LogP contribution is 2.19. The van der Waals surface area contributed by atoms with E-state index in [2.05, 4.69) is 10.3 Å². The van der Waals surface area contributed by atoms with E-state index in [1.165, 1.54) is 0 Å². The Kier molecular flexibility index (Phi) is 5.25. The molecule has 0 amide bonds. The lowest BCUT2D eigenvalue weighted by Crippen LogP contribution is -2.22. The smallest absolute Gasteiger partial charge is 0.193 e. The summed E-state index contributed by atoms with van der Waals surface area (Å²) < 4.78 is 10.5. The van der Waals surface area contributed by atoms with Crippen molar-refractivity contribution < 1.29 is 9.47 Å². The number of guanidine groups is 1. The Morgan fingerprint density at radius 2 is 1.95 bits per heavy atom. The topological polar surface area (TPSA) is 68.9 Å². The molecule has 0 heterocycles. The fourth-order valence-corrected chi connectivity index (χ4v) is 2.03. The highest BCUT2D eigenvalue weighted by molar-refractivity contribution is 5.92. The Morgan fingerprint density at radius 3 is 2.68 bits per heavy atom. The van der Waals surface area contributed by atoms with Crippen molar-refractivity contribution in [1.82, 2.24) is 0 Å². The fourth-order valence-electron chi connectivity index (χ4n) is 2.03. The minimum atomic E-state index is 0.354. The van der Waals surface area contributed by atoms with Crippen molar-refractivity contribution >= 4 is 11.6 Å². The van der Waals surface area contributed by atoms with Crippen LogP contribution in [0.25, 0.3) is 0 Å². The third-order valence-electron chi connectivity index (χ3n) is 3.25. The van der Waals surface area contributed by atoms with E-state index in [-0.39, 0.29) is 0 Å². The molecule has 0 saturated carbocycles. The van der Waals surface area contributed by atoms with Gasteiger partial charge in [-0.2, -0.15) is 0 Å². The number of methoxy groups -OCH3 is 2. The molecule has 5 nitrogen and oxygen atoms in total. The van der Waals surface area contributed by atoms with Crippen molar-refractivity contribution in [2.45, 2.75) is 13.5 Å². The lowest BCUT2D eigenvalue weighted by molar-refractivity contribution is 0.411. The first-order valence-electron chi connectivity index (χ1n) is 6.97. The number of hydrogen-bond acceptors (Lipinski definition) is 3. The molecule has 0 radical (unpaired) electrons. The van der Waals surface area contributed by atoms with Crippen molar-refractivity contribution in [3.63, 3.8) is 0 Å². The third kappa shape index (κ3) is 4.15. The third-order valence-corrected chi connectivity index (χ3v) is 3.25. The molecule has 0 spiro atoms. The molecule has 2 aromatic carbocycles.